The van der Waals surface area contributed by atoms with Gasteiger partial charge in [-0.1, -0.05) is 35.3 Å². The summed E-state index contributed by atoms with van der Waals surface area (Å²) < 4.78 is 5.23. The van der Waals surface area contributed by atoms with E-state index in [-0.39, 0.29) is 5.57 Å². The van der Waals surface area contributed by atoms with Crippen molar-refractivity contribution in [2.45, 2.75) is 6.92 Å². The molecular formula is C17H11Cl2NO2. The highest BCUT2D eigenvalue weighted by Crippen LogP contribution is 2.23. The molecule has 0 unspecified atom stereocenters. The normalized spacial score (nSPS) is 10.9. The van der Waals surface area contributed by atoms with E-state index in [4.69, 9.17) is 33.2 Å². The summed E-state index contributed by atoms with van der Waals surface area (Å²) >= 11 is 11.6. The minimum atomic E-state index is -0.720. The second-order valence-corrected chi connectivity index (χ2v) is 5.39. The lowest BCUT2D eigenvalue weighted by Gasteiger charge is -2.07. The summed E-state index contributed by atoms with van der Waals surface area (Å²) in [6, 6.07) is 13.5. The van der Waals surface area contributed by atoms with Gasteiger partial charge in [0.05, 0.1) is 0 Å². The van der Waals surface area contributed by atoms with Gasteiger partial charge in [-0.2, -0.15) is 5.26 Å². The molecule has 2 rings (SSSR count). The van der Waals surface area contributed by atoms with Crippen molar-refractivity contribution in [3.8, 4) is 11.8 Å². The van der Waals surface area contributed by atoms with Crippen LogP contribution in [0.15, 0.2) is 48.0 Å². The summed E-state index contributed by atoms with van der Waals surface area (Å²) in [6.45, 7) is 1.77. The van der Waals surface area contributed by atoms with Gasteiger partial charge in [0.15, 0.2) is 0 Å². The van der Waals surface area contributed by atoms with Crippen molar-refractivity contribution < 1.29 is 9.53 Å². The van der Waals surface area contributed by atoms with Crippen LogP contribution in [0, 0.1) is 18.3 Å². The van der Waals surface area contributed by atoms with Gasteiger partial charge in [0.2, 0.25) is 0 Å². The Labute approximate surface area is 138 Å². The molecule has 0 aliphatic heterocycles. The van der Waals surface area contributed by atoms with E-state index in [1.165, 1.54) is 6.08 Å². The van der Waals surface area contributed by atoms with E-state index in [1.807, 2.05) is 6.07 Å². The molecule has 0 aliphatic carbocycles. The maximum atomic E-state index is 12.1. The number of nitrogens with zero attached hydrogens (tertiary/aromatic N) is 1. The molecule has 0 spiro atoms. The maximum absolute atomic E-state index is 12.1. The molecule has 0 atom stereocenters. The first-order chi connectivity index (χ1) is 10.5. The highest BCUT2D eigenvalue weighted by molar-refractivity contribution is 6.30. The van der Waals surface area contributed by atoms with Crippen molar-refractivity contribution in [1.29, 1.82) is 5.26 Å². The van der Waals surface area contributed by atoms with Crippen molar-refractivity contribution in [3.05, 3.63) is 69.2 Å². The minimum absolute atomic E-state index is 0.100. The number of esters is 1. The predicted molar refractivity (Wildman–Crippen MR) is 86.9 cm³/mol. The third-order valence-electron chi connectivity index (χ3n) is 2.86. The monoisotopic (exact) mass is 331 g/mol. The molecule has 0 aliphatic rings. The van der Waals surface area contributed by atoms with Crippen molar-refractivity contribution in [2.75, 3.05) is 0 Å². The van der Waals surface area contributed by atoms with Crippen LogP contribution < -0.4 is 4.74 Å². The first kappa shape index (κ1) is 16.1. The zero-order chi connectivity index (χ0) is 16.1. The third-order valence-corrected chi connectivity index (χ3v) is 3.35. The molecule has 2 aromatic rings. The van der Waals surface area contributed by atoms with Gasteiger partial charge in [-0.3, -0.25) is 0 Å². The predicted octanol–water partition coefficient (Wildman–Crippen LogP) is 4.81. The Hall–Kier alpha value is -2.28. The van der Waals surface area contributed by atoms with E-state index in [2.05, 4.69) is 0 Å². The Bertz CT molecular complexity index is 774. The molecule has 0 saturated heterocycles. The quantitative estimate of drug-likeness (QED) is 0.351. The lowest BCUT2D eigenvalue weighted by molar-refractivity contribution is -0.129. The highest BCUT2D eigenvalue weighted by atomic mass is 35.5. The standard InChI is InChI=1S/C17H11Cl2NO2/c1-11-8-15(19)6-7-16(11)22-17(21)13(10-20)9-12-2-4-14(18)5-3-12/h2-9H,1H3. The number of ether oxygens (including phenoxy) is 1. The van der Waals surface area contributed by atoms with E-state index in [9.17, 15) is 4.79 Å². The molecule has 0 radical (unpaired) electrons. The molecule has 0 heterocycles. The lowest BCUT2D eigenvalue weighted by atomic mass is 10.1. The number of rotatable bonds is 3. The van der Waals surface area contributed by atoms with Crippen LogP contribution in [0.3, 0.4) is 0 Å². The first-order valence-electron chi connectivity index (χ1n) is 6.35. The Balaban J connectivity index is 2.22. The fourth-order valence-corrected chi connectivity index (χ4v) is 2.10. The molecule has 2 aromatic carbocycles. The molecule has 0 N–H and O–H groups in total. The Morgan fingerprint density at radius 1 is 1.14 bits per heavy atom. The summed E-state index contributed by atoms with van der Waals surface area (Å²) in [4.78, 5) is 12.1. The van der Waals surface area contributed by atoms with Gasteiger partial charge in [0.1, 0.15) is 17.4 Å². The average Bonchev–Trinajstić information content (AvgIpc) is 2.49. The van der Waals surface area contributed by atoms with E-state index in [1.54, 1.807) is 49.4 Å². The van der Waals surface area contributed by atoms with E-state index < -0.39 is 5.97 Å². The highest BCUT2D eigenvalue weighted by Gasteiger charge is 2.13. The van der Waals surface area contributed by atoms with Crippen LogP contribution >= 0.6 is 23.2 Å². The van der Waals surface area contributed by atoms with Crippen LogP contribution in [-0.2, 0) is 4.79 Å². The van der Waals surface area contributed by atoms with Crippen LogP contribution in [0.2, 0.25) is 10.0 Å². The number of nitriles is 1. The first-order valence-corrected chi connectivity index (χ1v) is 7.11. The number of halogens is 2. The SMILES string of the molecule is Cc1cc(Cl)ccc1OC(=O)C(C#N)=Cc1ccc(Cl)cc1. The molecular weight excluding hydrogens is 321 g/mol. The van der Waals surface area contributed by atoms with Crippen LogP contribution in [-0.4, -0.2) is 5.97 Å². The van der Waals surface area contributed by atoms with E-state index in [0.29, 0.717) is 26.9 Å². The summed E-state index contributed by atoms with van der Waals surface area (Å²) in [6.07, 6.45) is 1.45. The molecule has 0 aromatic heterocycles. The second-order valence-electron chi connectivity index (χ2n) is 4.52. The molecule has 0 amide bonds. The molecule has 5 heteroatoms. The van der Waals surface area contributed by atoms with Gasteiger partial charge >= 0.3 is 5.97 Å². The number of benzene rings is 2. The molecule has 110 valence electrons. The van der Waals surface area contributed by atoms with Crippen molar-refractivity contribution >= 4 is 35.2 Å². The number of carbonyl (C=O) groups is 1. The summed E-state index contributed by atoms with van der Waals surface area (Å²) in [5.74, 6) is -0.352. The zero-order valence-corrected chi connectivity index (χ0v) is 13.2. The van der Waals surface area contributed by atoms with Crippen molar-refractivity contribution in [2.24, 2.45) is 0 Å². The zero-order valence-electron chi connectivity index (χ0n) is 11.6. The number of aryl methyl sites for hydroxylation is 1. The van der Waals surface area contributed by atoms with Crippen molar-refractivity contribution in [3.63, 3.8) is 0 Å². The Morgan fingerprint density at radius 2 is 1.77 bits per heavy atom. The lowest BCUT2D eigenvalue weighted by Crippen LogP contribution is -2.10. The molecule has 0 fully saturated rings. The Kier molecular flexibility index (Phi) is 5.21. The fraction of sp³-hybridized carbons (Fsp3) is 0.0588. The fourth-order valence-electron chi connectivity index (χ4n) is 1.74. The molecule has 0 bridgehead atoms. The van der Waals surface area contributed by atoms with E-state index in [0.717, 1.165) is 0 Å². The van der Waals surface area contributed by atoms with Crippen LogP contribution in [0.4, 0.5) is 0 Å². The van der Waals surface area contributed by atoms with Gasteiger partial charge < -0.3 is 4.74 Å². The van der Waals surface area contributed by atoms with Gasteiger partial charge in [-0.25, -0.2) is 4.79 Å². The topological polar surface area (TPSA) is 50.1 Å². The third kappa shape index (κ3) is 4.11. The largest absolute Gasteiger partial charge is 0.422 e. The van der Waals surface area contributed by atoms with Crippen LogP contribution in [0.1, 0.15) is 11.1 Å². The second kappa shape index (κ2) is 7.13. The number of hydrogen-bond donors (Lipinski definition) is 0. The molecule has 3 nitrogen and oxygen atoms in total. The number of carbonyl (C=O) groups excluding carboxylic acids is 1. The van der Waals surface area contributed by atoms with E-state index >= 15 is 0 Å². The van der Waals surface area contributed by atoms with Crippen LogP contribution in [0.5, 0.6) is 5.75 Å². The maximum Gasteiger partial charge on any atom is 0.354 e. The van der Waals surface area contributed by atoms with Gasteiger partial charge in [-0.15, -0.1) is 0 Å². The summed E-state index contributed by atoms with van der Waals surface area (Å²) in [7, 11) is 0. The minimum Gasteiger partial charge on any atom is -0.422 e. The van der Waals surface area contributed by atoms with Gasteiger partial charge in [-0.05, 0) is 54.5 Å². The smallest absolute Gasteiger partial charge is 0.354 e. The van der Waals surface area contributed by atoms with Gasteiger partial charge in [0, 0.05) is 10.0 Å². The molecule has 0 saturated carbocycles. The summed E-state index contributed by atoms with van der Waals surface area (Å²) in [5.41, 5.74) is 1.30. The Morgan fingerprint density at radius 3 is 2.36 bits per heavy atom. The molecule has 22 heavy (non-hydrogen) atoms. The average molecular weight is 332 g/mol. The number of hydrogen-bond acceptors (Lipinski definition) is 3. The van der Waals surface area contributed by atoms with Crippen LogP contribution in [0.25, 0.3) is 6.08 Å². The summed E-state index contributed by atoms with van der Waals surface area (Å²) in [5, 5.41) is 10.3. The van der Waals surface area contributed by atoms with Crippen molar-refractivity contribution in [1.82, 2.24) is 0 Å². The van der Waals surface area contributed by atoms with Gasteiger partial charge in [0.25, 0.3) is 0 Å².